The van der Waals surface area contributed by atoms with E-state index in [1.165, 1.54) is 17.6 Å². The number of ether oxygens (including phenoxy) is 3. The quantitative estimate of drug-likeness (QED) is 0.749. The van der Waals surface area contributed by atoms with Crippen molar-refractivity contribution < 1.29 is 23.8 Å². The Hall–Kier alpha value is -2.87. The molecule has 2 aliphatic rings. The highest BCUT2D eigenvalue weighted by molar-refractivity contribution is 7.14. The number of fused-ring (bicyclic) bond motifs is 1. The van der Waals surface area contributed by atoms with E-state index in [1.807, 2.05) is 17.5 Å². The number of ketones is 1. The number of carbonyl (C=O) groups is 2. The second-order valence-electron chi connectivity index (χ2n) is 7.02. The number of benzene rings is 1. The zero-order chi connectivity index (χ0) is 20.4. The van der Waals surface area contributed by atoms with Crippen LogP contribution in [0.2, 0.25) is 0 Å². The normalized spacial score (nSPS) is 20.9. The summed E-state index contributed by atoms with van der Waals surface area (Å²) in [5, 5.41) is 4.95. The number of hydrogen-bond donors (Lipinski definition) is 1. The summed E-state index contributed by atoms with van der Waals surface area (Å²) in [6, 6.07) is 5.44. The van der Waals surface area contributed by atoms with Gasteiger partial charge in [0.1, 0.15) is 23.2 Å². The molecule has 7 nitrogen and oxygen atoms in total. The molecule has 1 aromatic carbocycles. The van der Waals surface area contributed by atoms with Crippen LogP contribution in [0.4, 0.5) is 5.13 Å². The molecule has 1 aliphatic heterocycles. The van der Waals surface area contributed by atoms with E-state index in [0.29, 0.717) is 22.3 Å². The van der Waals surface area contributed by atoms with Crippen LogP contribution in [0.25, 0.3) is 11.3 Å². The predicted octanol–water partition coefficient (Wildman–Crippen LogP) is 3.81. The summed E-state index contributed by atoms with van der Waals surface area (Å²) < 4.78 is 16.3. The fourth-order valence-electron chi connectivity index (χ4n) is 3.77. The van der Waals surface area contributed by atoms with Gasteiger partial charge >= 0.3 is 0 Å². The molecule has 1 saturated carbocycles. The molecule has 2 atom stereocenters. The number of Topliss-reactive ketones (excluding diaryl/α,β-unsaturated/α-hetero) is 1. The van der Waals surface area contributed by atoms with Gasteiger partial charge in [-0.15, -0.1) is 11.3 Å². The molecule has 4 rings (SSSR count). The van der Waals surface area contributed by atoms with Crippen LogP contribution < -0.4 is 14.8 Å². The Kier molecular flexibility index (Phi) is 5.53. The SMILES string of the molecule is COc1ccc(-c2csc(NC(=O)C3=COC4CCCCC4C3=O)n2)c(OC)c1. The molecule has 0 spiro atoms. The Morgan fingerprint density at radius 3 is 2.86 bits per heavy atom. The lowest BCUT2D eigenvalue weighted by Crippen LogP contribution is -2.39. The summed E-state index contributed by atoms with van der Waals surface area (Å²) in [6.45, 7) is 0. The van der Waals surface area contributed by atoms with Gasteiger partial charge in [-0.25, -0.2) is 4.98 Å². The Balaban J connectivity index is 1.50. The van der Waals surface area contributed by atoms with Gasteiger partial charge < -0.3 is 14.2 Å². The van der Waals surface area contributed by atoms with E-state index in [1.54, 1.807) is 20.3 Å². The molecule has 2 heterocycles. The average Bonchev–Trinajstić information content (AvgIpc) is 3.21. The first-order valence-corrected chi connectivity index (χ1v) is 10.4. The molecule has 0 saturated heterocycles. The third-order valence-electron chi connectivity index (χ3n) is 5.32. The molecule has 1 aromatic heterocycles. The lowest BCUT2D eigenvalue weighted by atomic mass is 9.80. The average molecular weight is 414 g/mol. The number of amides is 1. The number of nitrogens with one attached hydrogen (secondary N) is 1. The van der Waals surface area contributed by atoms with Crippen molar-refractivity contribution in [1.82, 2.24) is 4.98 Å². The van der Waals surface area contributed by atoms with E-state index in [9.17, 15) is 9.59 Å². The molecule has 8 heteroatoms. The summed E-state index contributed by atoms with van der Waals surface area (Å²) >= 11 is 1.28. The summed E-state index contributed by atoms with van der Waals surface area (Å²) in [7, 11) is 3.17. The largest absolute Gasteiger partial charge is 0.497 e. The fraction of sp³-hybridized carbons (Fsp3) is 0.381. The van der Waals surface area contributed by atoms with Gasteiger partial charge in [0.15, 0.2) is 10.9 Å². The molecule has 2 aromatic rings. The molecule has 0 bridgehead atoms. The van der Waals surface area contributed by atoms with Gasteiger partial charge in [0.05, 0.1) is 32.1 Å². The lowest BCUT2D eigenvalue weighted by molar-refractivity contribution is -0.129. The highest BCUT2D eigenvalue weighted by Crippen LogP contribution is 2.36. The van der Waals surface area contributed by atoms with E-state index in [-0.39, 0.29) is 23.4 Å². The Morgan fingerprint density at radius 1 is 1.24 bits per heavy atom. The van der Waals surface area contributed by atoms with Crippen molar-refractivity contribution in [3.63, 3.8) is 0 Å². The van der Waals surface area contributed by atoms with Crippen LogP contribution in [0.1, 0.15) is 25.7 Å². The van der Waals surface area contributed by atoms with Gasteiger partial charge in [-0.2, -0.15) is 0 Å². The molecular formula is C21H22N2O5S. The number of thiazole rings is 1. The van der Waals surface area contributed by atoms with Gasteiger partial charge in [-0.05, 0) is 31.4 Å². The van der Waals surface area contributed by atoms with Crippen molar-refractivity contribution in [2.75, 3.05) is 19.5 Å². The minimum Gasteiger partial charge on any atom is -0.497 e. The standard InChI is InChI=1S/C21H22N2O5S/c1-26-12-7-8-13(18(9-12)27-2)16-11-29-21(22-16)23-20(25)15-10-28-17-6-4-3-5-14(17)19(15)24/h7-11,14,17H,3-6H2,1-2H3,(H,22,23,25). The molecule has 152 valence electrons. The van der Waals surface area contributed by atoms with E-state index in [2.05, 4.69) is 10.3 Å². The minimum absolute atomic E-state index is 0.0620. The van der Waals surface area contributed by atoms with E-state index < -0.39 is 5.91 Å². The van der Waals surface area contributed by atoms with Crippen LogP contribution >= 0.6 is 11.3 Å². The van der Waals surface area contributed by atoms with Gasteiger partial charge in [-0.3, -0.25) is 14.9 Å². The highest BCUT2D eigenvalue weighted by Gasteiger charge is 2.39. The molecular weight excluding hydrogens is 392 g/mol. The number of nitrogens with zero attached hydrogens (tertiary/aromatic N) is 1. The number of hydrogen-bond acceptors (Lipinski definition) is 7. The van der Waals surface area contributed by atoms with Gasteiger partial charge in [0, 0.05) is 17.0 Å². The van der Waals surface area contributed by atoms with Crippen molar-refractivity contribution in [2.45, 2.75) is 31.8 Å². The van der Waals surface area contributed by atoms with Gasteiger partial charge in [0.25, 0.3) is 5.91 Å². The van der Waals surface area contributed by atoms with Crippen molar-refractivity contribution in [1.29, 1.82) is 0 Å². The molecule has 1 fully saturated rings. The first-order chi connectivity index (χ1) is 14.1. The Labute approximate surface area is 172 Å². The topological polar surface area (TPSA) is 86.8 Å². The number of anilines is 1. The summed E-state index contributed by atoms with van der Waals surface area (Å²) in [5.74, 6) is 0.464. The summed E-state index contributed by atoms with van der Waals surface area (Å²) in [6.07, 6.45) is 4.90. The van der Waals surface area contributed by atoms with E-state index >= 15 is 0 Å². The number of carbonyl (C=O) groups excluding carboxylic acids is 2. The summed E-state index contributed by atoms with van der Waals surface area (Å²) in [4.78, 5) is 29.8. The third kappa shape index (κ3) is 3.85. The zero-order valence-corrected chi connectivity index (χ0v) is 17.1. The second kappa shape index (κ2) is 8.24. The third-order valence-corrected chi connectivity index (χ3v) is 6.08. The van der Waals surface area contributed by atoms with Crippen molar-refractivity contribution in [2.24, 2.45) is 5.92 Å². The molecule has 0 radical (unpaired) electrons. The maximum Gasteiger partial charge on any atom is 0.264 e. The zero-order valence-electron chi connectivity index (χ0n) is 16.3. The van der Waals surface area contributed by atoms with Crippen LogP contribution in [0.3, 0.4) is 0 Å². The van der Waals surface area contributed by atoms with Gasteiger partial charge in [0.2, 0.25) is 0 Å². The Morgan fingerprint density at radius 2 is 2.07 bits per heavy atom. The van der Waals surface area contributed by atoms with Crippen LogP contribution in [-0.4, -0.2) is 37.0 Å². The van der Waals surface area contributed by atoms with Crippen LogP contribution in [0, 0.1) is 5.92 Å². The number of aromatic nitrogens is 1. The lowest BCUT2D eigenvalue weighted by Gasteiger charge is -2.33. The van der Waals surface area contributed by atoms with Crippen molar-refractivity contribution >= 4 is 28.2 Å². The molecule has 2 unspecified atom stereocenters. The minimum atomic E-state index is -0.485. The molecule has 1 N–H and O–H groups in total. The monoisotopic (exact) mass is 414 g/mol. The van der Waals surface area contributed by atoms with Crippen molar-refractivity contribution in [3.05, 3.63) is 35.4 Å². The second-order valence-corrected chi connectivity index (χ2v) is 7.88. The van der Waals surface area contributed by atoms with Crippen LogP contribution in [0.15, 0.2) is 35.4 Å². The maximum atomic E-state index is 12.7. The maximum absolute atomic E-state index is 12.7. The van der Waals surface area contributed by atoms with Crippen LogP contribution in [-0.2, 0) is 14.3 Å². The fourth-order valence-corrected chi connectivity index (χ4v) is 4.47. The predicted molar refractivity (Wildman–Crippen MR) is 109 cm³/mol. The van der Waals surface area contributed by atoms with E-state index in [4.69, 9.17) is 14.2 Å². The van der Waals surface area contributed by atoms with Crippen molar-refractivity contribution in [3.8, 4) is 22.8 Å². The first-order valence-electron chi connectivity index (χ1n) is 9.50. The van der Waals surface area contributed by atoms with Crippen LogP contribution in [0.5, 0.6) is 11.5 Å². The number of methoxy groups -OCH3 is 2. The molecule has 1 amide bonds. The smallest absolute Gasteiger partial charge is 0.264 e. The Bertz CT molecular complexity index is 968. The molecule has 1 aliphatic carbocycles. The highest BCUT2D eigenvalue weighted by atomic mass is 32.1. The first kappa shape index (κ1) is 19.4. The molecule has 29 heavy (non-hydrogen) atoms. The summed E-state index contributed by atoms with van der Waals surface area (Å²) in [5.41, 5.74) is 1.51. The van der Waals surface area contributed by atoms with E-state index in [0.717, 1.165) is 31.2 Å². The number of rotatable bonds is 5. The van der Waals surface area contributed by atoms with Gasteiger partial charge in [-0.1, -0.05) is 6.42 Å².